The second-order valence-electron chi connectivity index (χ2n) is 7.49. The lowest BCUT2D eigenvalue weighted by atomic mass is 9.94. The first-order valence-corrected chi connectivity index (χ1v) is 11.4. The number of ether oxygens (including phenoxy) is 3. The number of fused-ring (bicyclic) bond motifs is 1. The van der Waals surface area contributed by atoms with Gasteiger partial charge in [-0.2, -0.15) is 21.6 Å². The Morgan fingerprint density at radius 2 is 1.91 bits per heavy atom. The average Bonchev–Trinajstić information content (AvgIpc) is 3.09. The maximum Gasteiger partial charge on any atom is 0.534 e. The van der Waals surface area contributed by atoms with Crippen LogP contribution in [-0.4, -0.2) is 39.6 Å². The number of methoxy groups -OCH3 is 1. The van der Waals surface area contributed by atoms with E-state index in [0.717, 1.165) is 0 Å². The van der Waals surface area contributed by atoms with Crippen LogP contribution in [0.5, 0.6) is 11.5 Å². The molecule has 0 amide bonds. The SMILES string of the molecule is CCOC(=O)C(C)C/C(C)=C/Cc1c(OC)c(C)c2c(c1OS(=O)(=O)C(F)(F)F)C(=O)OC2. The minimum atomic E-state index is -6.08. The van der Waals surface area contributed by atoms with Gasteiger partial charge in [0.05, 0.1) is 19.6 Å². The normalized spacial score (nSPS) is 15.0. The molecule has 1 aliphatic rings. The summed E-state index contributed by atoms with van der Waals surface area (Å²) in [5.41, 5.74) is -4.88. The molecule has 1 atom stereocenters. The van der Waals surface area contributed by atoms with Crippen LogP contribution in [0, 0.1) is 12.8 Å². The monoisotopic (exact) mass is 494 g/mol. The summed E-state index contributed by atoms with van der Waals surface area (Å²) < 4.78 is 82.3. The van der Waals surface area contributed by atoms with Gasteiger partial charge in [0.25, 0.3) is 0 Å². The molecular formula is C21H25F3O8S. The third-order valence-electron chi connectivity index (χ3n) is 5.07. The molecule has 0 saturated heterocycles. The van der Waals surface area contributed by atoms with Gasteiger partial charge in [-0.15, -0.1) is 0 Å². The van der Waals surface area contributed by atoms with Gasteiger partial charge in [0, 0.05) is 11.1 Å². The van der Waals surface area contributed by atoms with Crippen LogP contribution in [0.4, 0.5) is 13.2 Å². The Morgan fingerprint density at radius 1 is 1.27 bits per heavy atom. The highest BCUT2D eigenvalue weighted by molar-refractivity contribution is 7.88. The smallest absolute Gasteiger partial charge is 0.496 e. The van der Waals surface area contributed by atoms with Crippen molar-refractivity contribution in [1.82, 2.24) is 0 Å². The highest BCUT2D eigenvalue weighted by Gasteiger charge is 2.50. The first kappa shape index (κ1) is 26.5. The van der Waals surface area contributed by atoms with Crippen molar-refractivity contribution < 1.29 is 49.6 Å². The van der Waals surface area contributed by atoms with Crippen LogP contribution in [0.15, 0.2) is 11.6 Å². The third kappa shape index (κ3) is 5.60. The number of alkyl halides is 3. The van der Waals surface area contributed by atoms with Crippen LogP contribution < -0.4 is 8.92 Å². The molecular weight excluding hydrogens is 469 g/mol. The fourth-order valence-corrected chi connectivity index (χ4v) is 3.97. The Bertz CT molecular complexity index is 1070. The predicted octanol–water partition coefficient (Wildman–Crippen LogP) is 3.98. The third-order valence-corrected chi connectivity index (χ3v) is 6.03. The Balaban J connectivity index is 2.57. The fourth-order valence-electron chi connectivity index (χ4n) is 3.47. The molecule has 1 aromatic rings. The topological polar surface area (TPSA) is 105 Å². The van der Waals surface area contributed by atoms with Gasteiger partial charge in [0.1, 0.15) is 17.9 Å². The van der Waals surface area contributed by atoms with Crippen molar-refractivity contribution in [2.24, 2.45) is 5.92 Å². The number of esters is 2. The van der Waals surface area contributed by atoms with E-state index in [0.29, 0.717) is 17.6 Å². The van der Waals surface area contributed by atoms with Gasteiger partial charge in [-0.1, -0.05) is 18.6 Å². The second kappa shape index (κ2) is 10.0. The molecule has 0 N–H and O–H groups in total. The van der Waals surface area contributed by atoms with Crippen LogP contribution in [0.25, 0.3) is 0 Å². The predicted molar refractivity (Wildman–Crippen MR) is 110 cm³/mol. The Kier molecular flexibility index (Phi) is 8.04. The van der Waals surface area contributed by atoms with Gasteiger partial charge in [0.15, 0.2) is 5.75 Å². The second-order valence-corrected chi connectivity index (χ2v) is 9.03. The van der Waals surface area contributed by atoms with Crippen molar-refractivity contribution in [2.75, 3.05) is 13.7 Å². The van der Waals surface area contributed by atoms with E-state index in [4.69, 9.17) is 14.2 Å². The molecule has 12 heteroatoms. The van der Waals surface area contributed by atoms with Crippen molar-refractivity contribution in [3.05, 3.63) is 33.9 Å². The number of halogens is 3. The molecule has 0 spiro atoms. The minimum absolute atomic E-state index is 0.0661. The summed E-state index contributed by atoms with van der Waals surface area (Å²) in [5, 5.41) is 0. The highest BCUT2D eigenvalue weighted by atomic mass is 32.2. The number of allylic oxidation sites excluding steroid dienone is 2. The zero-order chi connectivity index (χ0) is 25.1. The number of hydrogen-bond donors (Lipinski definition) is 0. The molecule has 1 heterocycles. The van der Waals surface area contributed by atoms with E-state index >= 15 is 0 Å². The molecule has 0 aliphatic carbocycles. The minimum Gasteiger partial charge on any atom is -0.496 e. The van der Waals surface area contributed by atoms with Gasteiger partial charge in [0.2, 0.25) is 0 Å². The molecule has 33 heavy (non-hydrogen) atoms. The molecule has 0 bridgehead atoms. The molecule has 1 aromatic carbocycles. The van der Waals surface area contributed by atoms with Crippen LogP contribution >= 0.6 is 0 Å². The van der Waals surface area contributed by atoms with E-state index in [1.165, 1.54) is 7.11 Å². The number of carbonyl (C=O) groups is 2. The summed E-state index contributed by atoms with van der Waals surface area (Å²) in [6.45, 7) is 6.58. The van der Waals surface area contributed by atoms with E-state index < -0.39 is 39.2 Å². The maximum atomic E-state index is 13.0. The maximum absolute atomic E-state index is 13.0. The zero-order valence-electron chi connectivity index (χ0n) is 18.8. The first-order valence-electron chi connectivity index (χ1n) is 9.97. The molecule has 0 saturated carbocycles. The largest absolute Gasteiger partial charge is 0.534 e. The summed E-state index contributed by atoms with van der Waals surface area (Å²) in [6.07, 6.45) is 1.76. The van der Waals surface area contributed by atoms with Crippen molar-refractivity contribution >= 4 is 22.1 Å². The zero-order valence-corrected chi connectivity index (χ0v) is 19.6. The summed E-state index contributed by atoms with van der Waals surface area (Å²) in [6, 6.07) is 0. The number of hydrogen-bond acceptors (Lipinski definition) is 8. The van der Waals surface area contributed by atoms with Gasteiger partial charge in [-0.05, 0) is 39.2 Å². The van der Waals surface area contributed by atoms with Crippen molar-refractivity contribution in [2.45, 2.75) is 52.7 Å². The molecule has 184 valence electrons. The van der Waals surface area contributed by atoms with E-state index in [2.05, 4.69) is 4.18 Å². The van der Waals surface area contributed by atoms with E-state index in [1.807, 2.05) is 0 Å². The van der Waals surface area contributed by atoms with Crippen molar-refractivity contribution in [3.8, 4) is 11.5 Å². The molecule has 1 aliphatic heterocycles. The van der Waals surface area contributed by atoms with Gasteiger partial charge < -0.3 is 18.4 Å². The quantitative estimate of drug-likeness (QED) is 0.220. The molecule has 0 aromatic heterocycles. The Morgan fingerprint density at radius 3 is 2.45 bits per heavy atom. The van der Waals surface area contributed by atoms with Gasteiger partial charge in [-0.25, -0.2) is 4.79 Å². The van der Waals surface area contributed by atoms with Crippen molar-refractivity contribution in [1.29, 1.82) is 0 Å². The molecule has 8 nitrogen and oxygen atoms in total. The Hall–Kier alpha value is -2.76. The number of rotatable bonds is 9. The van der Waals surface area contributed by atoms with E-state index in [-0.39, 0.29) is 42.1 Å². The van der Waals surface area contributed by atoms with E-state index in [1.54, 1.807) is 33.8 Å². The molecule has 0 fully saturated rings. The van der Waals surface area contributed by atoms with Crippen LogP contribution in [0.1, 0.15) is 54.2 Å². The first-order chi connectivity index (χ1) is 15.2. The standard InChI is InChI=1S/C21H25F3O8S/c1-6-30-19(25)12(3)9-11(2)7-8-14-17(29-5)13(4)15-10-31-20(26)16(15)18(14)32-33(27,28)21(22,23)24/h7,12H,6,8-10H2,1-5H3/b11-7+. The average molecular weight is 494 g/mol. The van der Waals surface area contributed by atoms with Gasteiger partial charge in [-0.3, -0.25) is 4.79 Å². The van der Waals surface area contributed by atoms with Gasteiger partial charge >= 0.3 is 27.6 Å². The van der Waals surface area contributed by atoms with Crippen molar-refractivity contribution in [3.63, 3.8) is 0 Å². The summed E-state index contributed by atoms with van der Waals surface area (Å²) >= 11 is 0. The van der Waals surface area contributed by atoms with Crippen LogP contribution in [-0.2, 0) is 37.4 Å². The lowest BCUT2D eigenvalue weighted by Gasteiger charge is -2.19. The summed E-state index contributed by atoms with van der Waals surface area (Å²) in [4.78, 5) is 24.1. The molecule has 2 rings (SSSR count). The Labute approximate surface area is 189 Å². The summed E-state index contributed by atoms with van der Waals surface area (Å²) in [7, 11) is -4.82. The van der Waals surface area contributed by atoms with Crippen LogP contribution in [0.3, 0.4) is 0 Å². The number of carbonyl (C=O) groups excluding carboxylic acids is 2. The highest BCUT2D eigenvalue weighted by Crippen LogP contribution is 2.44. The van der Waals surface area contributed by atoms with E-state index in [9.17, 15) is 31.2 Å². The fraction of sp³-hybridized carbons (Fsp3) is 0.524. The molecule has 0 radical (unpaired) electrons. The number of cyclic esters (lactones) is 1. The summed E-state index contributed by atoms with van der Waals surface area (Å²) in [5.74, 6) is -2.59. The van der Waals surface area contributed by atoms with Crippen LogP contribution in [0.2, 0.25) is 0 Å². The number of benzene rings is 1. The lowest BCUT2D eigenvalue weighted by Crippen LogP contribution is -2.29. The lowest BCUT2D eigenvalue weighted by molar-refractivity contribution is -0.147. The molecule has 1 unspecified atom stereocenters.